The van der Waals surface area contributed by atoms with Crippen LogP contribution < -0.4 is 16.0 Å². The van der Waals surface area contributed by atoms with E-state index in [4.69, 9.17) is 10.6 Å². The summed E-state index contributed by atoms with van der Waals surface area (Å²) < 4.78 is 20.0. The van der Waals surface area contributed by atoms with Crippen molar-refractivity contribution in [2.24, 2.45) is 5.84 Å². The molecule has 0 aliphatic rings. The van der Waals surface area contributed by atoms with Crippen molar-refractivity contribution in [2.75, 3.05) is 7.11 Å². The number of ether oxygens (including phenoxy) is 1. The Bertz CT molecular complexity index is 594. The van der Waals surface area contributed by atoms with Gasteiger partial charge in [-0.2, -0.15) is 0 Å². The summed E-state index contributed by atoms with van der Waals surface area (Å²) in [6.07, 6.45) is 3.22. The summed E-state index contributed by atoms with van der Waals surface area (Å²) in [5.41, 5.74) is 4.05. The Hall–Kier alpha value is -1.50. The molecular formula is C14H15BrFN3O. The van der Waals surface area contributed by atoms with Gasteiger partial charge in [-0.15, -0.1) is 0 Å². The van der Waals surface area contributed by atoms with Crippen LogP contribution in [0.15, 0.2) is 41.1 Å². The molecule has 0 saturated heterocycles. The Balaban J connectivity index is 2.31. The maximum Gasteiger partial charge on any atom is 0.146 e. The number of aromatic nitrogens is 1. The van der Waals surface area contributed by atoms with E-state index in [1.54, 1.807) is 19.4 Å². The Labute approximate surface area is 125 Å². The molecule has 0 saturated carbocycles. The van der Waals surface area contributed by atoms with E-state index in [0.29, 0.717) is 12.0 Å². The van der Waals surface area contributed by atoms with E-state index in [1.165, 1.54) is 6.20 Å². The third-order valence-corrected chi connectivity index (χ3v) is 3.54. The molecule has 1 heterocycles. The highest BCUT2D eigenvalue weighted by molar-refractivity contribution is 9.10. The molecule has 106 valence electrons. The van der Waals surface area contributed by atoms with Gasteiger partial charge in [0.15, 0.2) is 0 Å². The zero-order chi connectivity index (χ0) is 14.5. The molecule has 1 atom stereocenters. The third-order valence-electron chi connectivity index (χ3n) is 3.05. The van der Waals surface area contributed by atoms with Crippen molar-refractivity contribution >= 4 is 15.9 Å². The highest BCUT2D eigenvalue weighted by Gasteiger charge is 2.17. The number of nitrogens with zero attached hydrogens (tertiary/aromatic N) is 1. The van der Waals surface area contributed by atoms with Crippen molar-refractivity contribution in [3.63, 3.8) is 0 Å². The van der Waals surface area contributed by atoms with Crippen LogP contribution in [0.4, 0.5) is 4.39 Å². The molecule has 0 aliphatic heterocycles. The average molecular weight is 340 g/mol. The lowest BCUT2D eigenvalue weighted by molar-refractivity contribution is 0.404. The standard InChI is InChI=1S/C14H15BrFN3O/c1-20-14-3-2-10(15)6-9(14)7-13(19-17)11-4-5-18-8-12(11)16/h2-6,8,13,19H,7,17H2,1H3. The Morgan fingerprint density at radius 2 is 2.25 bits per heavy atom. The maximum absolute atomic E-state index is 13.8. The molecule has 20 heavy (non-hydrogen) atoms. The minimum Gasteiger partial charge on any atom is -0.496 e. The molecule has 0 radical (unpaired) electrons. The lowest BCUT2D eigenvalue weighted by Gasteiger charge is -2.18. The van der Waals surface area contributed by atoms with Crippen LogP contribution in [0, 0.1) is 5.82 Å². The van der Waals surface area contributed by atoms with E-state index in [0.717, 1.165) is 15.8 Å². The molecule has 1 unspecified atom stereocenters. The quantitative estimate of drug-likeness (QED) is 0.649. The minimum atomic E-state index is -0.385. The highest BCUT2D eigenvalue weighted by Crippen LogP contribution is 2.28. The number of nitrogens with one attached hydrogen (secondary N) is 1. The second-order valence-corrected chi connectivity index (χ2v) is 5.19. The number of hydrazine groups is 1. The number of benzene rings is 1. The zero-order valence-corrected chi connectivity index (χ0v) is 12.5. The van der Waals surface area contributed by atoms with E-state index in [-0.39, 0.29) is 11.9 Å². The van der Waals surface area contributed by atoms with Gasteiger partial charge in [0, 0.05) is 16.2 Å². The van der Waals surface area contributed by atoms with Crippen molar-refractivity contribution in [2.45, 2.75) is 12.5 Å². The van der Waals surface area contributed by atoms with Crippen LogP contribution in [0.25, 0.3) is 0 Å². The fourth-order valence-electron chi connectivity index (χ4n) is 2.05. The van der Waals surface area contributed by atoms with E-state index in [9.17, 15) is 4.39 Å². The number of methoxy groups -OCH3 is 1. The average Bonchev–Trinajstić information content (AvgIpc) is 2.46. The molecule has 2 rings (SSSR count). The van der Waals surface area contributed by atoms with Crippen LogP contribution in [-0.4, -0.2) is 12.1 Å². The van der Waals surface area contributed by atoms with E-state index in [1.807, 2.05) is 18.2 Å². The maximum atomic E-state index is 13.8. The van der Waals surface area contributed by atoms with Crippen molar-refractivity contribution in [1.29, 1.82) is 0 Å². The molecule has 0 bridgehead atoms. The number of hydrogen-bond acceptors (Lipinski definition) is 4. The number of halogens is 2. The number of nitrogens with two attached hydrogens (primary N) is 1. The SMILES string of the molecule is COc1ccc(Br)cc1CC(NN)c1ccncc1F. The number of pyridine rings is 1. The number of rotatable bonds is 5. The van der Waals surface area contributed by atoms with Gasteiger partial charge in [-0.05, 0) is 36.2 Å². The highest BCUT2D eigenvalue weighted by atomic mass is 79.9. The monoisotopic (exact) mass is 339 g/mol. The second-order valence-electron chi connectivity index (χ2n) is 4.28. The Morgan fingerprint density at radius 1 is 1.45 bits per heavy atom. The fourth-order valence-corrected chi connectivity index (χ4v) is 2.46. The van der Waals surface area contributed by atoms with E-state index >= 15 is 0 Å². The van der Waals surface area contributed by atoms with Gasteiger partial charge in [0.2, 0.25) is 0 Å². The van der Waals surface area contributed by atoms with Crippen LogP contribution in [0.1, 0.15) is 17.2 Å². The van der Waals surface area contributed by atoms with Crippen LogP contribution in [-0.2, 0) is 6.42 Å². The first-order valence-electron chi connectivity index (χ1n) is 6.03. The third kappa shape index (κ3) is 3.33. The van der Waals surface area contributed by atoms with E-state index in [2.05, 4.69) is 26.3 Å². The van der Waals surface area contributed by atoms with Crippen molar-refractivity contribution in [3.05, 3.63) is 58.1 Å². The van der Waals surface area contributed by atoms with Gasteiger partial charge in [-0.3, -0.25) is 16.3 Å². The van der Waals surface area contributed by atoms with Gasteiger partial charge in [-0.1, -0.05) is 15.9 Å². The molecule has 4 nitrogen and oxygen atoms in total. The summed E-state index contributed by atoms with van der Waals surface area (Å²) in [7, 11) is 1.60. The predicted octanol–water partition coefficient (Wildman–Crippen LogP) is 2.74. The van der Waals surface area contributed by atoms with Gasteiger partial charge < -0.3 is 4.74 Å². The van der Waals surface area contributed by atoms with Crippen LogP contribution in [0.5, 0.6) is 5.75 Å². The van der Waals surface area contributed by atoms with E-state index < -0.39 is 0 Å². The second kappa shape index (κ2) is 6.78. The minimum absolute atomic E-state index is 0.360. The summed E-state index contributed by atoms with van der Waals surface area (Å²) >= 11 is 3.42. The van der Waals surface area contributed by atoms with Crippen molar-refractivity contribution in [3.8, 4) is 5.75 Å². The van der Waals surface area contributed by atoms with Gasteiger partial charge in [0.05, 0.1) is 19.3 Å². The number of hydrogen-bond donors (Lipinski definition) is 2. The molecule has 0 fully saturated rings. The van der Waals surface area contributed by atoms with Gasteiger partial charge >= 0.3 is 0 Å². The predicted molar refractivity (Wildman–Crippen MR) is 78.7 cm³/mol. The normalized spacial score (nSPS) is 12.2. The molecule has 0 spiro atoms. The lowest BCUT2D eigenvalue weighted by atomic mass is 9.99. The summed E-state index contributed by atoms with van der Waals surface area (Å²) in [6.45, 7) is 0. The molecule has 1 aromatic carbocycles. The summed E-state index contributed by atoms with van der Waals surface area (Å²) in [4.78, 5) is 3.74. The topological polar surface area (TPSA) is 60.2 Å². The molecule has 3 N–H and O–H groups in total. The first-order chi connectivity index (χ1) is 9.65. The van der Waals surface area contributed by atoms with Crippen LogP contribution >= 0.6 is 15.9 Å². The zero-order valence-electron chi connectivity index (χ0n) is 10.9. The van der Waals surface area contributed by atoms with Gasteiger partial charge in [0.1, 0.15) is 11.6 Å². The molecule has 2 aromatic rings. The molecule has 0 aliphatic carbocycles. The summed E-state index contributed by atoms with van der Waals surface area (Å²) in [5.74, 6) is 5.92. The molecule has 1 aromatic heterocycles. The fraction of sp³-hybridized carbons (Fsp3) is 0.214. The molecule has 6 heteroatoms. The van der Waals surface area contributed by atoms with Gasteiger partial charge in [-0.25, -0.2) is 4.39 Å². The van der Waals surface area contributed by atoms with Crippen LogP contribution in [0.2, 0.25) is 0 Å². The van der Waals surface area contributed by atoms with Crippen molar-refractivity contribution < 1.29 is 9.13 Å². The Kier molecular flexibility index (Phi) is 5.05. The first kappa shape index (κ1) is 14.9. The molecular weight excluding hydrogens is 325 g/mol. The molecule has 0 amide bonds. The largest absolute Gasteiger partial charge is 0.496 e. The summed E-state index contributed by atoms with van der Waals surface area (Å²) in [5, 5.41) is 0. The van der Waals surface area contributed by atoms with Gasteiger partial charge in [0.25, 0.3) is 0 Å². The summed E-state index contributed by atoms with van der Waals surface area (Å²) in [6, 6.07) is 6.93. The lowest BCUT2D eigenvalue weighted by Crippen LogP contribution is -2.30. The smallest absolute Gasteiger partial charge is 0.146 e. The first-order valence-corrected chi connectivity index (χ1v) is 6.83. The Morgan fingerprint density at radius 3 is 2.90 bits per heavy atom. The van der Waals surface area contributed by atoms with Crippen molar-refractivity contribution in [1.82, 2.24) is 10.4 Å². The van der Waals surface area contributed by atoms with Crippen LogP contribution in [0.3, 0.4) is 0 Å².